The predicted molar refractivity (Wildman–Crippen MR) is 107 cm³/mol. The van der Waals surface area contributed by atoms with E-state index in [9.17, 15) is 4.79 Å². The Hall–Kier alpha value is -2.75. The Bertz CT molecular complexity index is 895. The van der Waals surface area contributed by atoms with Gasteiger partial charge in [0.25, 0.3) is 0 Å². The van der Waals surface area contributed by atoms with Crippen molar-refractivity contribution in [2.24, 2.45) is 0 Å². The van der Waals surface area contributed by atoms with Crippen molar-refractivity contribution in [3.8, 4) is 0 Å². The molecule has 1 heterocycles. The molecule has 2 aromatic carbocycles. The summed E-state index contributed by atoms with van der Waals surface area (Å²) < 4.78 is 0. The summed E-state index contributed by atoms with van der Waals surface area (Å²) in [5, 5.41) is 4.28. The van der Waals surface area contributed by atoms with Crippen molar-refractivity contribution in [3.05, 3.63) is 70.9 Å². The van der Waals surface area contributed by atoms with Crippen molar-refractivity contribution in [1.82, 2.24) is 15.2 Å². The van der Waals surface area contributed by atoms with Gasteiger partial charge < -0.3 is 15.2 Å². The van der Waals surface area contributed by atoms with Crippen LogP contribution in [0.15, 0.2) is 48.5 Å². The van der Waals surface area contributed by atoms with Crippen LogP contribution in [-0.2, 0) is 6.42 Å². The number of aromatic nitrogens is 1. The number of aryl methyl sites for hydroxylation is 2. The van der Waals surface area contributed by atoms with Crippen LogP contribution in [0.4, 0.5) is 4.79 Å². The molecule has 0 aliphatic rings. The maximum atomic E-state index is 12.5. The number of carbonyl (C=O) groups is 1. The molecule has 0 saturated carbocycles. The van der Waals surface area contributed by atoms with Crippen LogP contribution in [-0.4, -0.2) is 29.5 Å². The van der Waals surface area contributed by atoms with Gasteiger partial charge in [-0.1, -0.05) is 48.0 Å². The van der Waals surface area contributed by atoms with E-state index in [-0.39, 0.29) is 12.1 Å². The Kier molecular flexibility index (Phi) is 5.31. The fourth-order valence-corrected chi connectivity index (χ4v) is 3.32. The number of benzene rings is 2. The zero-order valence-corrected chi connectivity index (χ0v) is 16.0. The Balaban J connectivity index is 1.59. The molecule has 3 aromatic rings. The normalized spacial score (nSPS) is 12.2. The highest BCUT2D eigenvalue weighted by molar-refractivity contribution is 5.84. The van der Waals surface area contributed by atoms with Gasteiger partial charge in [-0.15, -0.1) is 0 Å². The second-order valence-electron chi connectivity index (χ2n) is 6.95. The Morgan fingerprint density at radius 3 is 2.54 bits per heavy atom. The highest BCUT2D eigenvalue weighted by Gasteiger charge is 2.17. The van der Waals surface area contributed by atoms with Crippen LogP contribution in [0.25, 0.3) is 10.9 Å². The van der Waals surface area contributed by atoms with Gasteiger partial charge in [-0.3, -0.25) is 0 Å². The van der Waals surface area contributed by atoms with Gasteiger partial charge in [0.15, 0.2) is 0 Å². The molecule has 4 heteroatoms. The summed E-state index contributed by atoms with van der Waals surface area (Å²) in [6.07, 6.45) is 0.814. The van der Waals surface area contributed by atoms with Crippen molar-refractivity contribution in [1.29, 1.82) is 0 Å². The van der Waals surface area contributed by atoms with Gasteiger partial charge in [0.05, 0.1) is 6.04 Å². The summed E-state index contributed by atoms with van der Waals surface area (Å²) in [7, 11) is 1.84. The molecule has 0 bridgehead atoms. The zero-order valence-electron chi connectivity index (χ0n) is 16.0. The van der Waals surface area contributed by atoms with Crippen LogP contribution in [0.3, 0.4) is 0 Å². The first-order valence-corrected chi connectivity index (χ1v) is 9.10. The molecular formula is C22H27N3O. The second kappa shape index (κ2) is 7.65. The van der Waals surface area contributed by atoms with E-state index in [0.717, 1.165) is 17.5 Å². The third kappa shape index (κ3) is 3.74. The number of nitrogens with zero attached hydrogens (tertiary/aromatic N) is 1. The summed E-state index contributed by atoms with van der Waals surface area (Å²) in [5.74, 6) is 0. The molecule has 2 N–H and O–H groups in total. The molecule has 136 valence electrons. The van der Waals surface area contributed by atoms with Crippen LogP contribution < -0.4 is 5.32 Å². The number of H-pyrrole nitrogens is 1. The van der Waals surface area contributed by atoms with Crippen molar-refractivity contribution < 1.29 is 4.79 Å². The van der Waals surface area contributed by atoms with E-state index >= 15 is 0 Å². The molecule has 4 nitrogen and oxygen atoms in total. The van der Waals surface area contributed by atoms with Gasteiger partial charge in [-0.05, 0) is 44.4 Å². The smallest absolute Gasteiger partial charge is 0.317 e. The van der Waals surface area contributed by atoms with Crippen LogP contribution in [0.1, 0.15) is 35.3 Å². The highest BCUT2D eigenvalue weighted by atomic mass is 16.2. The predicted octanol–water partition coefficient (Wildman–Crippen LogP) is 4.73. The van der Waals surface area contributed by atoms with Gasteiger partial charge in [0.1, 0.15) is 0 Å². The molecule has 2 amide bonds. The molecule has 0 radical (unpaired) electrons. The Morgan fingerprint density at radius 2 is 1.81 bits per heavy atom. The monoisotopic (exact) mass is 349 g/mol. The molecule has 26 heavy (non-hydrogen) atoms. The fourth-order valence-electron chi connectivity index (χ4n) is 3.32. The number of para-hydroxylation sites is 1. The maximum absolute atomic E-state index is 12.5. The zero-order chi connectivity index (χ0) is 18.7. The van der Waals surface area contributed by atoms with Crippen LogP contribution >= 0.6 is 0 Å². The average molecular weight is 349 g/mol. The Labute approximate surface area is 155 Å². The fraction of sp³-hybridized carbons (Fsp3) is 0.318. The van der Waals surface area contributed by atoms with E-state index in [1.165, 1.54) is 22.2 Å². The summed E-state index contributed by atoms with van der Waals surface area (Å²) in [6.45, 7) is 6.82. The number of carbonyl (C=O) groups excluding carboxylic acids is 1. The summed E-state index contributed by atoms with van der Waals surface area (Å²) in [6, 6.07) is 16.6. The van der Waals surface area contributed by atoms with Gasteiger partial charge in [0, 0.05) is 30.2 Å². The minimum absolute atomic E-state index is 0.0328. The first-order chi connectivity index (χ1) is 12.5. The lowest BCUT2D eigenvalue weighted by molar-refractivity contribution is 0.194. The third-order valence-electron chi connectivity index (χ3n) is 5.14. The molecule has 0 aliphatic carbocycles. The molecule has 0 fully saturated rings. The highest BCUT2D eigenvalue weighted by Crippen LogP contribution is 2.22. The minimum atomic E-state index is -0.0458. The summed E-state index contributed by atoms with van der Waals surface area (Å²) in [4.78, 5) is 17.7. The SMILES string of the molecule is Cc1ccc(C(C)N(C)C(=O)NCCc2c(C)[nH]c3ccccc23)cc1. The number of aromatic amines is 1. The van der Waals surface area contributed by atoms with Gasteiger partial charge in [-0.25, -0.2) is 4.79 Å². The van der Waals surface area contributed by atoms with Crippen molar-refractivity contribution >= 4 is 16.9 Å². The number of rotatable bonds is 5. The van der Waals surface area contributed by atoms with E-state index in [4.69, 9.17) is 0 Å². The number of nitrogens with one attached hydrogen (secondary N) is 2. The lowest BCUT2D eigenvalue weighted by Gasteiger charge is -2.25. The van der Waals surface area contributed by atoms with E-state index in [2.05, 4.69) is 66.6 Å². The third-order valence-corrected chi connectivity index (χ3v) is 5.14. The molecular weight excluding hydrogens is 322 g/mol. The van der Waals surface area contributed by atoms with E-state index in [1.807, 2.05) is 20.0 Å². The van der Waals surface area contributed by atoms with E-state index in [1.54, 1.807) is 4.90 Å². The molecule has 0 spiro atoms. The van der Waals surface area contributed by atoms with Gasteiger partial charge in [0.2, 0.25) is 0 Å². The number of hydrogen-bond acceptors (Lipinski definition) is 1. The lowest BCUT2D eigenvalue weighted by atomic mass is 10.1. The van der Waals surface area contributed by atoms with Crippen LogP contribution in [0, 0.1) is 13.8 Å². The molecule has 0 aliphatic heterocycles. The number of urea groups is 1. The minimum Gasteiger partial charge on any atom is -0.358 e. The topological polar surface area (TPSA) is 48.1 Å². The van der Waals surface area contributed by atoms with Crippen LogP contribution in [0.2, 0.25) is 0 Å². The molecule has 1 unspecified atom stereocenters. The van der Waals surface area contributed by atoms with Crippen molar-refractivity contribution in [3.63, 3.8) is 0 Å². The first kappa shape index (κ1) is 18.1. The van der Waals surface area contributed by atoms with Gasteiger partial charge >= 0.3 is 6.03 Å². The maximum Gasteiger partial charge on any atom is 0.317 e. The molecule has 3 rings (SSSR count). The quantitative estimate of drug-likeness (QED) is 0.687. The largest absolute Gasteiger partial charge is 0.358 e. The standard InChI is InChI=1S/C22H27N3O/c1-15-9-11-18(12-10-15)17(3)25(4)22(26)23-14-13-19-16(2)24-21-8-6-5-7-20(19)21/h5-12,17,24H,13-14H2,1-4H3,(H,23,26). The van der Waals surface area contributed by atoms with E-state index < -0.39 is 0 Å². The van der Waals surface area contributed by atoms with Crippen molar-refractivity contribution in [2.75, 3.05) is 13.6 Å². The number of fused-ring (bicyclic) bond motifs is 1. The molecule has 0 saturated heterocycles. The lowest BCUT2D eigenvalue weighted by Crippen LogP contribution is -2.39. The first-order valence-electron chi connectivity index (χ1n) is 9.10. The van der Waals surface area contributed by atoms with Crippen LogP contribution in [0.5, 0.6) is 0 Å². The average Bonchev–Trinajstić information content (AvgIpc) is 2.96. The Morgan fingerprint density at radius 1 is 1.12 bits per heavy atom. The van der Waals surface area contributed by atoms with Crippen molar-refractivity contribution in [2.45, 2.75) is 33.2 Å². The number of amides is 2. The van der Waals surface area contributed by atoms with Gasteiger partial charge in [-0.2, -0.15) is 0 Å². The summed E-state index contributed by atoms with van der Waals surface area (Å²) >= 11 is 0. The molecule has 1 atom stereocenters. The summed E-state index contributed by atoms with van der Waals surface area (Å²) in [5.41, 5.74) is 5.95. The second-order valence-corrected chi connectivity index (χ2v) is 6.95. The molecule has 1 aromatic heterocycles. The number of hydrogen-bond donors (Lipinski definition) is 2. The van der Waals surface area contributed by atoms with E-state index in [0.29, 0.717) is 6.54 Å².